The van der Waals surface area contributed by atoms with Crippen LogP contribution in [-0.2, 0) is 9.53 Å². The Labute approximate surface area is 84.4 Å². The molecule has 14 heavy (non-hydrogen) atoms. The van der Waals surface area contributed by atoms with Crippen molar-refractivity contribution in [2.24, 2.45) is 11.3 Å². The number of aliphatic hydroxyl groups excluding tert-OH is 1. The number of hydrogen-bond acceptors (Lipinski definition) is 3. The number of hydrogen-bond donors (Lipinski definition) is 1. The van der Waals surface area contributed by atoms with Gasteiger partial charge in [0.15, 0.2) is 0 Å². The number of rotatable bonds is 1. The van der Waals surface area contributed by atoms with Crippen molar-refractivity contribution in [3.8, 4) is 0 Å². The van der Waals surface area contributed by atoms with Gasteiger partial charge in [-0.2, -0.15) is 0 Å². The fraction of sp³-hybridized carbons (Fsp3) is 0.909. The molecule has 3 nitrogen and oxygen atoms in total. The molecule has 1 N–H and O–H groups in total. The van der Waals surface area contributed by atoms with E-state index in [9.17, 15) is 9.90 Å². The first-order chi connectivity index (χ1) is 6.70. The molecule has 0 bridgehead atoms. The molecule has 0 aromatic carbocycles. The maximum absolute atomic E-state index is 11.6. The summed E-state index contributed by atoms with van der Waals surface area (Å²) >= 11 is 0. The highest BCUT2D eigenvalue weighted by Gasteiger charge is 2.53. The molecule has 2 rings (SSSR count). The van der Waals surface area contributed by atoms with Gasteiger partial charge >= 0.3 is 5.97 Å². The van der Waals surface area contributed by atoms with E-state index in [0.29, 0.717) is 0 Å². The van der Waals surface area contributed by atoms with Crippen LogP contribution in [0.25, 0.3) is 0 Å². The SMILES string of the molecule is COC(=O)[C@H]1CCC[C@]12CCC[C@H]2O. The van der Waals surface area contributed by atoms with E-state index in [0.717, 1.165) is 38.5 Å². The lowest BCUT2D eigenvalue weighted by molar-refractivity contribution is -0.152. The minimum atomic E-state index is -0.283. The molecular weight excluding hydrogens is 180 g/mol. The van der Waals surface area contributed by atoms with Gasteiger partial charge in [0.1, 0.15) is 0 Å². The number of ether oxygens (including phenoxy) is 1. The molecule has 0 radical (unpaired) electrons. The summed E-state index contributed by atoms with van der Waals surface area (Å²) < 4.78 is 4.82. The molecular formula is C11H18O3. The minimum Gasteiger partial charge on any atom is -0.469 e. The molecule has 0 aromatic rings. The fourth-order valence-corrected chi connectivity index (χ4v) is 3.37. The second-order valence-corrected chi connectivity index (χ2v) is 4.61. The van der Waals surface area contributed by atoms with Gasteiger partial charge in [0.05, 0.1) is 19.1 Å². The van der Waals surface area contributed by atoms with Crippen molar-refractivity contribution < 1.29 is 14.6 Å². The first-order valence-electron chi connectivity index (χ1n) is 5.46. The zero-order valence-corrected chi connectivity index (χ0v) is 8.66. The molecule has 1 spiro atoms. The van der Waals surface area contributed by atoms with E-state index in [-0.39, 0.29) is 23.4 Å². The number of carbonyl (C=O) groups is 1. The molecule has 0 saturated heterocycles. The van der Waals surface area contributed by atoms with Crippen LogP contribution < -0.4 is 0 Å². The van der Waals surface area contributed by atoms with Gasteiger partial charge in [-0.15, -0.1) is 0 Å². The van der Waals surface area contributed by atoms with Crippen molar-refractivity contribution in [1.29, 1.82) is 0 Å². The molecule has 80 valence electrons. The lowest BCUT2D eigenvalue weighted by Crippen LogP contribution is -2.38. The zero-order valence-electron chi connectivity index (χ0n) is 8.66. The van der Waals surface area contributed by atoms with Crippen LogP contribution in [-0.4, -0.2) is 24.3 Å². The Morgan fingerprint density at radius 3 is 2.50 bits per heavy atom. The van der Waals surface area contributed by atoms with Gasteiger partial charge in [-0.1, -0.05) is 12.8 Å². The molecule has 0 aromatic heterocycles. The number of aliphatic hydroxyl groups is 1. The van der Waals surface area contributed by atoms with E-state index in [1.54, 1.807) is 0 Å². The Morgan fingerprint density at radius 1 is 1.36 bits per heavy atom. The van der Waals surface area contributed by atoms with E-state index in [1.807, 2.05) is 0 Å². The molecule has 3 atom stereocenters. The molecule has 2 fully saturated rings. The van der Waals surface area contributed by atoms with Gasteiger partial charge in [0, 0.05) is 5.41 Å². The number of esters is 1. The topological polar surface area (TPSA) is 46.5 Å². The quantitative estimate of drug-likeness (QED) is 0.649. The van der Waals surface area contributed by atoms with E-state index >= 15 is 0 Å². The molecule has 2 aliphatic carbocycles. The summed E-state index contributed by atoms with van der Waals surface area (Å²) in [6.07, 6.45) is 5.55. The monoisotopic (exact) mass is 198 g/mol. The van der Waals surface area contributed by atoms with Crippen LogP contribution in [0.2, 0.25) is 0 Å². The summed E-state index contributed by atoms with van der Waals surface area (Å²) in [5.74, 6) is -0.173. The van der Waals surface area contributed by atoms with Crippen LogP contribution in [0, 0.1) is 11.3 Å². The van der Waals surface area contributed by atoms with E-state index in [4.69, 9.17) is 4.74 Å². The molecule has 0 aliphatic heterocycles. The van der Waals surface area contributed by atoms with Crippen molar-refractivity contribution in [2.45, 2.75) is 44.6 Å². The van der Waals surface area contributed by atoms with Gasteiger partial charge in [-0.05, 0) is 25.7 Å². The Balaban J connectivity index is 2.20. The van der Waals surface area contributed by atoms with Crippen molar-refractivity contribution >= 4 is 5.97 Å². The van der Waals surface area contributed by atoms with Gasteiger partial charge < -0.3 is 9.84 Å². The zero-order chi connectivity index (χ0) is 10.2. The first-order valence-corrected chi connectivity index (χ1v) is 5.46. The Bertz CT molecular complexity index is 235. The molecule has 2 aliphatic rings. The summed E-state index contributed by atoms with van der Waals surface area (Å²) in [7, 11) is 1.44. The second kappa shape index (κ2) is 3.54. The lowest BCUT2D eigenvalue weighted by atomic mass is 9.74. The Morgan fingerprint density at radius 2 is 2.00 bits per heavy atom. The van der Waals surface area contributed by atoms with Gasteiger partial charge in [-0.3, -0.25) is 4.79 Å². The second-order valence-electron chi connectivity index (χ2n) is 4.61. The normalized spacial score (nSPS) is 41.9. The number of methoxy groups -OCH3 is 1. The van der Waals surface area contributed by atoms with Gasteiger partial charge in [0.2, 0.25) is 0 Å². The standard InChI is InChI=1S/C11H18O3/c1-14-10(13)8-4-2-6-11(8)7-3-5-9(11)12/h8-9,12H,2-7H2,1H3/t8-,9-,11+/m1/s1. The lowest BCUT2D eigenvalue weighted by Gasteiger charge is -2.32. The largest absolute Gasteiger partial charge is 0.469 e. The predicted octanol–water partition coefficient (Wildman–Crippen LogP) is 1.49. The smallest absolute Gasteiger partial charge is 0.309 e. The molecule has 3 heteroatoms. The maximum Gasteiger partial charge on any atom is 0.309 e. The molecule has 0 amide bonds. The minimum absolute atomic E-state index is 0.0509. The highest BCUT2D eigenvalue weighted by molar-refractivity contribution is 5.74. The van der Waals surface area contributed by atoms with Crippen LogP contribution in [0.5, 0.6) is 0 Å². The van der Waals surface area contributed by atoms with Crippen LogP contribution in [0.1, 0.15) is 38.5 Å². The van der Waals surface area contributed by atoms with E-state index in [1.165, 1.54) is 7.11 Å². The van der Waals surface area contributed by atoms with Crippen molar-refractivity contribution in [2.75, 3.05) is 7.11 Å². The first kappa shape index (κ1) is 9.97. The Hall–Kier alpha value is -0.570. The highest BCUT2D eigenvalue weighted by atomic mass is 16.5. The fourth-order valence-electron chi connectivity index (χ4n) is 3.37. The van der Waals surface area contributed by atoms with Crippen LogP contribution >= 0.6 is 0 Å². The van der Waals surface area contributed by atoms with Crippen molar-refractivity contribution in [3.63, 3.8) is 0 Å². The van der Waals surface area contributed by atoms with Crippen molar-refractivity contribution in [3.05, 3.63) is 0 Å². The molecule has 0 unspecified atom stereocenters. The van der Waals surface area contributed by atoms with Gasteiger partial charge in [0.25, 0.3) is 0 Å². The van der Waals surface area contributed by atoms with E-state index < -0.39 is 0 Å². The van der Waals surface area contributed by atoms with Crippen molar-refractivity contribution in [1.82, 2.24) is 0 Å². The molecule has 2 saturated carbocycles. The van der Waals surface area contributed by atoms with Crippen LogP contribution in [0.15, 0.2) is 0 Å². The van der Waals surface area contributed by atoms with Gasteiger partial charge in [-0.25, -0.2) is 0 Å². The summed E-state index contributed by atoms with van der Waals surface area (Å²) in [5.41, 5.74) is -0.132. The van der Waals surface area contributed by atoms with E-state index in [2.05, 4.69) is 0 Å². The Kier molecular flexibility index (Phi) is 2.52. The third-order valence-corrected chi connectivity index (χ3v) is 4.10. The van der Waals surface area contributed by atoms with Crippen LogP contribution in [0.3, 0.4) is 0 Å². The predicted molar refractivity (Wildman–Crippen MR) is 51.6 cm³/mol. The molecule has 0 heterocycles. The summed E-state index contributed by atoms with van der Waals surface area (Å²) in [6.45, 7) is 0. The summed E-state index contributed by atoms with van der Waals surface area (Å²) in [6, 6.07) is 0. The summed E-state index contributed by atoms with van der Waals surface area (Å²) in [5, 5.41) is 9.99. The third-order valence-electron chi connectivity index (χ3n) is 4.10. The van der Waals surface area contributed by atoms with Crippen LogP contribution in [0.4, 0.5) is 0 Å². The number of carbonyl (C=O) groups excluding carboxylic acids is 1. The average molecular weight is 198 g/mol. The third kappa shape index (κ3) is 1.26. The highest BCUT2D eigenvalue weighted by Crippen LogP contribution is 2.54. The maximum atomic E-state index is 11.6. The summed E-state index contributed by atoms with van der Waals surface area (Å²) in [4.78, 5) is 11.6. The average Bonchev–Trinajstić information content (AvgIpc) is 2.76.